The van der Waals surface area contributed by atoms with Crippen molar-refractivity contribution in [1.82, 2.24) is 9.97 Å². The highest BCUT2D eigenvalue weighted by Gasteiger charge is 2.03. The second-order valence-corrected chi connectivity index (χ2v) is 3.96. The van der Waals surface area contributed by atoms with Gasteiger partial charge in [0.15, 0.2) is 17.4 Å². The van der Waals surface area contributed by atoms with Gasteiger partial charge in [-0.25, -0.2) is 9.97 Å². The van der Waals surface area contributed by atoms with E-state index in [9.17, 15) is 4.79 Å². The molecule has 0 atom stereocenters. The van der Waals surface area contributed by atoms with E-state index in [1.165, 1.54) is 6.92 Å². The molecule has 5 heteroatoms. The number of hydrogen-bond acceptors (Lipinski definition) is 5. The molecule has 98 valence electrons. The molecule has 5 nitrogen and oxygen atoms in total. The second kappa shape index (κ2) is 5.95. The van der Waals surface area contributed by atoms with Gasteiger partial charge in [0.1, 0.15) is 12.4 Å². The summed E-state index contributed by atoms with van der Waals surface area (Å²) < 4.78 is 10.3. The molecule has 0 aliphatic heterocycles. The average Bonchev–Trinajstić information content (AvgIpc) is 2.46. The number of carbonyl (C=O) groups is 1. The van der Waals surface area contributed by atoms with Crippen LogP contribution < -0.4 is 9.47 Å². The number of hydrogen-bond donors (Lipinski definition) is 0. The molecule has 0 bridgehead atoms. The van der Waals surface area contributed by atoms with Crippen molar-refractivity contribution < 1.29 is 14.3 Å². The Balaban J connectivity index is 2.10. The molecule has 0 aliphatic carbocycles. The van der Waals surface area contributed by atoms with E-state index in [1.807, 2.05) is 24.3 Å². The summed E-state index contributed by atoms with van der Waals surface area (Å²) in [6.45, 7) is 1.50. The predicted octanol–water partition coefficient (Wildman–Crippen LogP) is 2.12. The molecule has 2 rings (SSSR count). The van der Waals surface area contributed by atoms with Crippen molar-refractivity contribution in [3.05, 3.63) is 36.7 Å². The highest BCUT2D eigenvalue weighted by Crippen LogP contribution is 2.19. The minimum atomic E-state index is -0.0424. The predicted molar refractivity (Wildman–Crippen MR) is 70.2 cm³/mol. The minimum Gasteiger partial charge on any atom is -0.497 e. The zero-order valence-corrected chi connectivity index (χ0v) is 10.8. The molecular formula is C14H14N2O3. The number of rotatable bonds is 5. The van der Waals surface area contributed by atoms with Gasteiger partial charge < -0.3 is 9.47 Å². The zero-order valence-electron chi connectivity index (χ0n) is 10.8. The molecule has 19 heavy (non-hydrogen) atoms. The maximum atomic E-state index is 10.8. The van der Waals surface area contributed by atoms with Gasteiger partial charge in [-0.15, -0.1) is 0 Å². The molecule has 0 N–H and O–H groups in total. The first-order valence-electron chi connectivity index (χ1n) is 5.78. The van der Waals surface area contributed by atoms with E-state index in [2.05, 4.69) is 9.97 Å². The Kier molecular flexibility index (Phi) is 4.07. The van der Waals surface area contributed by atoms with Crippen LogP contribution in [-0.4, -0.2) is 29.5 Å². The Bertz CT molecular complexity index is 550. The van der Waals surface area contributed by atoms with E-state index in [1.54, 1.807) is 19.5 Å². The SMILES string of the molecule is COc1ccc(-c2ncc(OCC(C)=O)cn2)cc1. The molecule has 0 aliphatic rings. The van der Waals surface area contributed by atoms with Gasteiger partial charge in [0.25, 0.3) is 0 Å². The van der Waals surface area contributed by atoms with Crippen LogP contribution in [0, 0.1) is 0 Å². The fourth-order valence-corrected chi connectivity index (χ4v) is 1.46. The first-order valence-corrected chi connectivity index (χ1v) is 5.78. The van der Waals surface area contributed by atoms with Crippen LogP contribution >= 0.6 is 0 Å². The van der Waals surface area contributed by atoms with Crippen LogP contribution in [0.4, 0.5) is 0 Å². The number of ether oxygens (including phenoxy) is 2. The summed E-state index contributed by atoms with van der Waals surface area (Å²) in [7, 11) is 1.62. The van der Waals surface area contributed by atoms with Crippen LogP contribution in [0.1, 0.15) is 6.92 Å². The molecule has 0 unspecified atom stereocenters. The van der Waals surface area contributed by atoms with Crippen molar-refractivity contribution >= 4 is 5.78 Å². The number of carbonyl (C=O) groups excluding carboxylic acids is 1. The van der Waals surface area contributed by atoms with Crippen molar-refractivity contribution in [3.63, 3.8) is 0 Å². The number of Topliss-reactive ketones (excluding diaryl/α,β-unsaturated/α-hetero) is 1. The summed E-state index contributed by atoms with van der Waals surface area (Å²) in [5.74, 6) is 1.81. The third-order valence-corrected chi connectivity index (χ3v) is 2.42. The highest BCUT2D eigenvalue weighted by molar-refractivity contribution is 5.77. The van der Waals surface area contributed by atoms with Gasteiger partial charge in [0.05, 0.1) is 19.5 Å². The molecule has 1 aromatic heterocycles. The lowest BCUT2D eigenvalue weighted by atomic mass is 10.2. The van der Waals surface area contributed by atoms with Gasteiger partial charge in [0.2, 0.25) is 0 Å². The molecule has 0 spiro atoms. The fraction of sp³-hybridized carbons (Fsp3) is 0.214. The Labute approximate surface area is 111 Å². The van der Waals surface area contributed by atoms with Gasteiger partial charge in [0, 0.05) is 5.56 Å². The van der Waals surface area contributed by atoms with Crippen molar-refractivity contribution in [3.8, 4) is 22.9 Å². The van der Waals surface area contributed by atoms with Crippen LogP contribution in [0.25, 0.3) is 11.4 Å². The van der Waals surface area contributed by atoms with Gasteiger partial charge in [-0.3, -0.25) is 4.79 Å². The molecule has 0 saturated carbocycles. The lowest BCUT2D eigenvalue weighted by Gasteiger charge is -2.05. The number of benzene rings is 1. The Morgan fingerprint density at radius 2 is 1.74 bits per heavy atom. The smallest absolute Gasteiger partial charge is 0.167 e. The van der Waals surface area contributed by atoms with E-state index in [4.69, 9.17) is 9.47 Å². The minimum absolute atomic E-state index is 0.0330. The molecule has 2 aromatic rings. The summed E-state index contributed by atoms with van der Waals surface area (Å²) in [5, 5.41) is 0. The van der Waals surface area contributed by atoms with Crippen LogP contribution in [0.2, 0.25) is 0 Å². The van der Waals surface area contributed by atoms with Gasteiger partial charge in [-0.1, -0.05) is 0 Å². The van der Waals surface area contributed by atoms with Gasteiger partial charge in [-0.05, 0) is 31.2 Å². The zero-order chi connectivity index (χ0) is 13.7. The number of aromatic nitrogens is 2. The molecule has 1 heterocycles. The Hall–Kier alpha value is -2.43. The largest absolute Gasteiger partial charge is 0.497 e. The Morgan fingerprint density at radius 1 is 1.11 bits per heavy atom. The molecular weight excluding hydrogens is 244 g/mol. The standard InChI is InChI=1S/C14H14N2O3/c1-10(17)9-19-13-7-15-14(16-8-13)11-3-5-12(18-2)6-4-11/h3-8H,9H2,1-2H3. The maximum Gasteiger partial charge on any atom is 0.167 e. The van der Waals surface area contributed by atoms with E-state index in [-0.39, 0.29) is 12.4 Å². The van der Waals surface area contributed by atoms with E-state index >= 15 is 0 Å². The molecule has 0 fully saturated rings. The summed E-state index contributed by atoms with van der Waals surface area (Å²) in [5.41, 5.74) is 0.888. The number of ketones is 1. The van der Waals surface area contributed by atoms with Crippen molar-refractivity contribution in [2.24, 2.45) is 0 Å². The number of nitrogens with zero attached hydrogens (tertiary/aromatic N) is 2. The topological polar surface area (TPSA) is 61.3 Å². The monoisotopic (exact) mass is 258 g/mol. The molecule has 0 saturated heterocycles. The van der Waals surface area contributed by atoms with Crippen LogP contribution in [0.3, 0.4) is 0 Å². The Morgan fingerprint density at radius 3 is 2.26 bits per heavy atom. The average molecular weight is 258 g/mol. The molecule has 0 amide bonds. The third-order valence-electron chi connectivity index (χ3n) is 2.42. The van der Waals surface area contributed by atoms with Crippen LogP contribution in [0.5, 0.6) is 11.5 Å². The van der Waals surface area contributed by atoms with E-state index < -0.39 is 0 Å². The second-order valence-electron chi connectivity index (χ2n) is 3.96. The normalized spacial score (nSPS) is 10.0. The highest BCUT2D eigenvalue weighted by atomic mass is 16.5. The van der Waals surface area contributed by atoms with Crippen molar-refractivity contribution in [1.29, 1.82) is 0 Å². The van der Waals surface area contributed by atoms with Crippen molar-refractivity contribution in [2.45, 2.75) is 6.92 Å². The van der Waals surface area contributed by atoms with Gasteiger partial charge in [-0.2, -0.15) is 0 Å². The lowest BCUT2D eigenvalue weighted by Crippen LogP contribution is -2.07. The molecule has 0 radical (unpaired) electrons. The first kappa shape index (κ1) is 13.0. The molecule has 1 aromatic carbocycles. The quantitative estimate of drug-likeness (QED) is 0.822. The lowest BCUT2D eigenvalue weighted by molar-refractivity contribution is -0.118. The van der Waals surface area contributed by atoms with Crippen molar-refractivity contribution in [2.75, 3.05) is 13.7 Å². The van der Waals surface area contributed by atoms with Gasteiger partial charge >= 0.3 is 0 Å². The third kappa shape index (κ3) is 3.51. The number of methoxy groups -OCH3 is 1. The first-order chi connectivity index (χ1) is 9.19. The fourth-order valence-electron chi connectivity index (χ4n) is 1.46. The summed E-state index contributed by atoms with van der Waals surface area (Å²) in [6, 6.07) is 7.45. The van der Waals surface area contributed by atoms with Crippen LogP contribution in [-0.2, 0) is 4.79 Å². The van der Waals surface area contributed by atoms with E-state index in [0.717, 1.165) is 11.3 Å². The summed E-state index contributed by atoms with van der Waals surface area (Å²) in [4.78, 5) is 19.2. The summed E-state index contributed by atoms with van der Waals surface area (Å²) >= 11 is 0. The van der Waals surface area contributed by atoms with Crippen LogP contribution in [0.15, 0.2) is 36.7 Å². The summed E-state index contributed by atoms with van der Waals surface area (Å²) in [6.07, 6.45) is 3.10. The maximum absolute atomic E-state index is 10.8. The van der Waals surface area contributed by atoms with E-state index in [0.29, 0.717) is 11.6 Å².